The van der Waals surface area contributed by atoms with Gasteiger partial charge in [-0.05, 0) is 19.8 Å². The fourth-order valence-corrected chi connectivity index (χ4v) is 1.13. The quantitative estimate of drug-likeness (QED) is 0.467. The lowest BCUT2D eigenvalue weighted by Crippen LogP contribution is -2.41. The number of hydrogen-bond donors (Lipinski definition) is 1. The molecule has 1 aliphatic rings. The van der Waals surface area contributed by atoms with Gasteiger partial charge in [-0.25, -0.2) is 10.1 Å². The summed E-state index contributed by atoms with van der Waals surface area (Å²) in [5.41, 5.74) is 2.20. The van der Waals surface area contributed by atoms with E-state index in [0.717, 1.165) is 12.8 Å². The summed E-state index contributed by atoms with van der Waals surface area (Å²) in [7, 11) is 0. The molecular weight excluding hydrogens is 148 g/mol. The molecule has 0 aromatic rings. The van der Waals surface area contributed by atoms with Gasteiger partial charge in [-0.15, -0.1) is 5.43 Å². The zero-order chi connectivity index (χ0) is 8.27. The molecule has 5 nitrogen and oxygen atoms in total. The van der Waals surface area contributed by atoms with E-state index in [-0.39, 0.29) is 12.1 Å². The van der Waals surface area contributed by atoms with Crippen LogP contribution in [0.4, 0.5) is 0 Å². The van der Waals surface area contributed by atoms with Crippen molar-refractivity contribution in [1.29, 1.82) is 0 Å². The minimum Gasteiger partial charge on any atom is -0.376 e. The third-order valence-corrected chi connectivity index (χ3v) is 1.79. The van der Waals surface area contributed by atoms with E-state index in [1.165, 1.54) is 0 Å². The van der Waals surface area contributed by atoms with Crippen molar-refractivity contribution >= 4 is 0 Å². The molecule has 0 amide bonds. The number of rotatable bonds is 2. The Hall–Kier alpha value is -0.840. The van der Waals surface area contributed by atoms with Gasteiger partial charge in [0.2, 0.25) is 0 Å². The molecule has 0 aliphatic carbocycles. The molecule has 1 heterocycles. The summed E-state index contributed by atoms with van der Waals surface area (Å²) < 4.78 is 5.22. The third-order valence-electron chi connectivity index (χ3n) is 1.79. The number of hydrogen-bond acceptors (Lipinski definition) is 3. The van der Waals surface area contributed by atoms with Gasteiger partial charge in [0.15, 0.2) is 5.03 Å². The van der Waals surface area contributed by atoms with Crippen LogP contribution in [0.1, 0.15) is 19.8 Å². The van der Waals surface area contributed by atoms with Crippen LogP contribution in [0, 0.1) is 10.1 Å². The first-order valence-electron chi connectivity index (χ1n) is 3.70. The molecule has 1 aliphatic heterocycles. The number of nitro groups is 1. The Labute approximate surface area is 64.8 Å². The van der Waals surface area contributed by atoms with Crippen LogP contribution >= 0.6 is 0 Å². The molecule has 0 aromatic carbocycles. The standard InChI is InChI=1S/C6H12N2O3/c1-5-2-3-6(4-11-5)7-8(9)10/h5-7H,2-4H2,1H3. The molecule has 2 atom stereocenters. The van der Waals surface area contributed by atoms with E-state index in [0.29, 0.717) is 6.61 Å². The largest absolute Gasteiger partial charge is 0.376 e. The zero-order valence-corrected chi connectivity index (χ0v) is 6.45. The van der Waals surface area contributed by atoms with Crippen LogP contribution in [0.5, 0.6) is 0 Å². The van der Waals surface area contributed by atoms with Gasteiger partial charge in [0, 0.05) is 0 Å². The van der Waals surface area contributed by atoms with E-state index >= 15 is 0 Å². The summed E-state index contributed by atoms with van der Waals surface area (Å²) in [6.07, 6.45) is 1.97. The van der Waals surface area contributed by atoms with E-state index < -0.39 is 5.03 Å². The van der Waals surface area contributed by atoms with Crippen molar-refractivity contribution in [3.63, 3.8) is 0 Å². The van der Waals surface area contributed by atoms with Crippen molar-refractivity contribution in [3.8, 4) is 0 Å². The minimum absolute atomic E-state index is 0.110. The molecular formula is C6H12N2O3. The molecule has 11 heavy (non-hydrogen) atoms. The van der Waals surface area contributed by atoms with Crippen molar-refractivity contribution in [1.82, 2.24) is 5.43 Å². The van der Waals surface area contributed by atoms with E-state index in [1.807, 2.05) is 6.92 Å². The lowest BCUT2D eigenvalue weighted by molar-refractivity contribution is -0.552. The Morgan fingerprint density at radius 2 is 2.36 bits per heavy atom. The normalized spacial score (nSPS) is 31.4. The molecule has 2 unspecified atom stereocenters. The second-order valence-electron chi connectivity index (χ2n) is 2.80. The Kier molecular flexibility index (Phi) is 2.64. The average molecular weight is 160 g/mol. The summed E-state index contributed by atoms with van der Waals surface area (Å²) in [4.78, 5) is 9.99. The van der Waals surface area contributed by atoms with Crippen LogP contribution in [-0.4, -0.2) is 23.8 Å². The first-order chi connectivity index (χ1) is 5.18. The van der Waals surface area contributed by atoms with Crippen molar-refractivity contribution in [3.05, 3.63) is 10.1 Å². The van der Waals surface area contributed by atoms with Gasteiger partial charge in [0.25, 0.3) is 0 Å². The van der Waals surface area contributed by atoms with Crippen LogP contribution in [0.25, 0.3) is 0 Å². The maximum atomic E-state index is 9.99. The zero-order valence-electron chi connectivity index (χ0n) is 6.45. The van der Waals surface area contributed by atoms with Crippen LogP contribution in [0.15, 0.2) is 0 Å². The second kappa shape index (κ2) is 3.52. The van der Waals surface area contributed by atoms with Gasteiger partial charge in [-0.1, -0.05) is 0 Å². The topological polar surface area (TPSA) is 64.4 Å². The Morgan fingerprint density at radius 1 is 1.64 bits per heavy atom. The van der Waals surface area contributed by atoms with Gasteiger partial charge >= 0.3 is 0 Å². The fourth-order valence-electron chi connectivity index (χ4n) is 1.13. The molecule has 0 bridgehead atoms. The third kappa shape index (κ3) is 2.71. The van der Waals surface area contributed by atoms with Gasteiger partial charge in [0.1, 0.15) is 6.04 Å². The molecule has 0 radical (unpaired) electrons. The number of ether oxygens (including phenoxy) is 1. The predicted octanol–water partition coefficient (Wildman–Crippen LogP) is 0.335. The number of nitrogens with zero attached hydrogens (tertiary/aromatic N) is 1. The van der Waals surface area contributed by atoms with Crippen molar-refractivity contribution in [2.24, 2.45) is 0 Å². The molecule has 1 fully saturated rings. The second-order valence-corrected chi connectivity index (χ2v) is 2.80. The lowest BCUT2D eigenvalue weighted by Gasteiger charge is -2.24. The van der Waals surface area contributed by atoms with Crippen LogP contribution in [0.2, 0.25) is 0 Å². The van der Waals surface area contributed by atoms with Crippen molar-refractivity contribution in [2.45, 2.75) is 31.9 Å². The van der Waals surface area contributed by atoms with E-state index in [9.17, 15) is 10.1 Å². The van der Waals surface area contributed by atoms with Crippen molar-refractivity contribution in [2.75, 3.05) is 6.61 Å². The Morgan fingerprint density at radius 3 is 2.82 bits per heavy atom. The van der Waals surface area contributed by atoms with Gasteiger partial charge in [-0.2, -0.15) is 0 Å². The van der Waals surface area contributed by atoms with Gasteiger partial charge in [0.05, 0.1) is 12.7 Å². The SMILES string of the molecule is CC1CCC(N[N+](=O)[O-])CO1. The molecule has 0 aromatic heterocycles. The highest BCUT2D eigenvalue weighted by Crippen LogP contribution is 2.12. The summed E-state index contributed by atoms with van der Waals surface area (Å²) in [6, 6.07) is -0.110. The van der Waals surface area contributed by atoms with Crippen LogP contribution in [0.3, 0.4) is 0 Å². The molecule has 1 rings (SSSR count). The van der Waals surface area contributed by atoms with Gasteiger partial charge in [-0.3, -0.25) is 0 Å². The summed E-state index contributed by atoms with van der Waals surface area (Å²) in [6.45, 7) is 2.42. The van der Waals surface area contributed by atoms with Crippen molar-refractivity contribution < 1.29 is 9.77 Å². The summed E-state index contributed by atoms with van der Waals surface area (Å²) >= 11 is 0. The van der Waals surface area contributed by atoms with E-state index in [4.69, 9.17) is 4.74 Å². The van der Waals surface area contributed by atoms with E-state index in [2.05, 4.69) is 5.43 Å². The van der Waals surface area contributed by atoms with E-state index in [1.54, 1.807) is 0 Å². The minimum atomic E-state index is -0.510. The molecule has 1 N–H and O–H groups in total. The van der Waals surface area contributed by atoms with Crippen LogP contribution < -0.4 is 5.43 Å². The monoisotopic (exact) mass is 160 g/mol. The fraction of sp³-hybridized carbons (Fsp3) is 1.00. The smallest absolute Gasteiger partial charge is 0.157 e. The van der Waals surface area contributed by atoms with Gasteiger partial charge < -0.3 is 4.74 Å². The first-order valence-corrected chi connectivity index (χ1v) is 3.70. The Balaban J connectivity index is 2.22. The first kappa shape index (κ1) is 8.26. The summed E-state index contributed by atoms with van der Waals surface area (Å²) in [5, 5.41) is 9.48. The number of hydrazine groups is 1. The highest BCUT2D eigenvalue weighted by Gasteiger charge is 2.21. The molecule has 5 heteroatoms. The molecule has 0 spiro atoms. The van der Waals surface area contributed by atoms with Crippen LogP contribution in [-0.2, 0) is 4.74 Å². The Bertz CT molecular complexity index is 143. The predicted molar refractivity (Wildman–Crippen MR) is 38.6 cm³/mol. The maximum absolute atomic E-state index is 9.99. The molecule has 0 saturated carbocycles. The molecule has 64 valence electrons. The number of nitrogens with one attached hydrogen (secondary N) is 1. The molecule has 1 saturated heterocycles. The lowest BCUT2D eigenvalue weighted by atomic mass is 10.1. The highest BCUT2D eigenvalue weighted by atomic mass is 16.7. The summed E-state index contributed by atoms with van der Waals surface area (Å²) in [5.74, 6) is 0. The highest BCUT2D eigenvalue weighted by molar-refractivity contribution is 4.69. The average Bonchev–Trinajstić information content (AvgIpc) is 1.93. The maximum Gasteiger partial charge on any atom is 0.157 e.